The van der Waals surface area contributed by atoms with Gasteiger partial charge >= 0.3 is 0 Å². The molecule has 6 heteroatoms. The average Bonchev–Trinajstić information content (AvgIpc) is 2.89. The summed E-state index contributed by atoms with van der Waals surface area (Å²) in [5.74, 6) is 1.85. The lowest BCUT2D eigenvalue weighted by molar-refractivity contribution is 0.488. The third-order valence-corrected chi connectivity index (χ3v) is 5.23. The standard InChI is InChI=1S/C19H28N4S.HI/c1-13(2)17(16-9-7-6-8-10-16)11-21-19(20-5)22-12-18-14(3)23-15(4)24-18;/h6-10,13,17H,11-12H2,1-5H3,(H2,20,21,22);1H. The first-order chi connectivity index (χ1) is 11.5. The minimum atomic E-state index is 0. The number of thiazole rings is 1. The molecule has 138 valence electrons. The van der Waals surface area contributed by atoms with Crippen molar-refractivity contribution in [2.24, 2.45) is 10.9 Å². The van der Waals surface area contributed by atoms with Gasteiger partial charge in [-0.2, -0.15) is 0 Å². The van der Waals surface area contributed by atoms with E-state index in [9.17, 15) is 0 Å². The molecule has 1 unspecified atom stereocenters. The number of aromatic nitrogens is 1. The van der Waals surface area contributed by atoms with E-state index in [1.54, 1.807) is 11.3 Å². The molecule has 1 aromatic carbocycles. The summed E-state index contributed by atoms with van der Waals surface area (Å²) in [4.78, 5) is 10.1. The van der Waals surface area contributed by atoms with Gasteiger partial charge in [0.05, 0.1) is 17.2 Å². The van der Waals surface area contributed by atoms with Crippen LogP contribution in [-0.4, -0.2) is 24.5 Å². The van der Waals surface area contributed by atoms with Crippen LogP contribution in [0.15, 0.2) is 35.3 Å². The number of benzene rings is 1. The quantitative estimate of drug-likeness (QED) is 0.370. The van der Waals surface area contributed by atoms with E-state index in [2.05, 4.69) is 71.7 Å². The van der Waals surface area contributed by atoms with Crippen LogP contribution in [0.1, 0.15) is 40.9 Å². The molecule has 2 N–H and O–H groups in total. The van der Waals surface area contributed by atoms with Crippen LogP contribution in [0.2, 0.25) is 0 Å². The molecule has 0 amide bonds. The van der Waals surface area contributed by atoms with Gasteiger partial charge in [-0.15, -0.1) is 35.3 Å². The molecule has 0 aliphatic heterocycles. The fourth-order valence-corrected chi connectivity index (χ4v) is 3.64. The SMILES string of the molecule is CN=C(NCc1sc(C)nc1C)NCC(c1ccccc1)C(C)C.I. The molecule has 4 nitrogen and oxygen atoms in total. The number of hydrogen-bond donors (Lipinski definition) is 2. The van der Waals surface area contributed by atoms with Crippen molar-refractivity contribution in [3.63, 3.8) is 0 Å². The van der Waals surface area contributed by atoms with E-state index in [-0.39, 0.29) is 24.0 Å². The van der Waals surface area contributed by atoms with Gasteiger partial charge in [0.25, 0.3) is 0 Å². The van der Waals surface area contributed by atoms with Crippen molar-refractivity contribution in [1.82, 2.24) is 15.6 Å². The molecule has 0 saturated heterocycles. The minimum absolute atomic E-state index is 0. The van der Waals surface area contributed by atoms with Crippen LogP contribution < -0.4 is 10.6 Å². The van der Waals surface area contributed by atoms with Gasteiger partial charge in [0.15, 0.2) is 5.96 Å². The van der Waals surface area contributed by atoms with Gasteiger partial charge in [-0.1, -0.05) is 44.2 Å². The molecule has 0 bridgehead atoms. The smallest absolute Gasteiger partial charge is 0.191 e. The molecule has 0 aliphatic rings. The Labute approximate surface area is 172 Å². The van der Waals surface area contributed by atoms with Crippen LogP contribution in [0, 0.1) is 19.8 Å². The lowest BCUT2D eigenvalue weighted by atomic mass is 9.88. The Morgan fingerprint density at radius 3 is 2.36 bits per heavy atom. The van der Waals surface area contributed by atoms with Gasteiger partial charge in [-0.3, -0.25) is 4.99 Å². The fourth-order valence-electron chi connectivity index (χ4n) is 2.77. The molecule has 0 spiro atoms. The lowest BCUT2D eigenvalue weighted by Crippen LogP contribution is -2.39. The summed E-state index contributed by atoms with van der Waals surface area (Å²) in [7, 11) is 1.81. The number of nitrogens with one attached hydrogen (secondary N) is 2. The second-order valence-corrected chi connectivity index (χ2v) is 7.60. The number of nitrogens with zero attached hydrogens (tertiary/aromatic N) is 2. The van der Waals surface area contributed by atoms with Crippen molar-refractivity contribution in [2.45, 2.75) is 40.2 Å². The van der Waals surface area contributed by atoms with Crippen molar-refractivity contribution >= 4 is 41.3 Å². The maximum atomic E-state index is 4.47. The van der Waals surface area contributed by atoms with Crippen LogP contribution in [0.5, 0.6) is 0 Å². The Bertz CT molecular complexity index is 667. The molecule has 1 aromatic heterocycles. The highest BCUT2D eigenvalue weighted by atomic mass is 127. The largest absolute Gasteiger partial charge is 0.356 e. The molecule has 1 atom stereocenters. The maximum absolute atomic E-state index is 4.47. The second kappa shape index (κ2) is 10.8. The first-order valence-electron chi connectivity index (χ1n) is 8.43. The third kappa shape index (κ3) is 6.58. The number of aliphatic imine (C=N–C) groups is 1. The summed E-state index contributed by atoms with van der Waals surface area (Å²) in [5.41, 5.74) is 2.47. The van der Waals surface area contributed by atoms with Crippen molar-refractivity contribution in [3.8, 4) is 0 Å². The van der Waals surface area contributed by atoms with E-state index in [4.69, 9.17) is 0 Å². The molecule has 2 aromatic rings. The number of hydrogen-bond acceptors (Lipinski definition) is 3. The Kier molecular flexibility index (Phi) is 9.42. The predicted octanol–water partition coefficient (Wildman–Crippen LogP) is 4.48. The van der Waals surface area contributed by atoms with Gasteiger partial charge in [-0.25, -0.2) is 4.98 Å². The van der Waals surface area contributed by atoms with E-state index in [1.807, 2.05) is 14.0 Å². The van der Waals surface area contributed by atoms with Gasteiger partial charge in [0, 0.05) is 24.4 Å². The normalized spacial score (nSPS) is 12.6. The molecule has 2 rings (SSSR count). The molecular weight excluding hydrogens is 443 g/mol. The Hall–Kier alpha value is -1.15. The fraction of sp³-hybridized carbons (Fsp3) is 0.474. The summed E-state index contributed by atoms with van der Waals surface area (Å²) in [6.45, 7) is 10.2. The van der Waals surface area contributed by atoms with Crippen LogP contribution in [0.25, 0.3) is 0 Å². The molecular formula is C19H29IN4S. The van der Waals surface area contributed by atoms with Crippen molar-refractivity contribution in [1.29, 1.82) is 0 Å². The zero-order chi connectivity index (χ0) is 17.5. The minimum Gasteiger partial charge on any atom is -0.356 e. The number of rotatable bonds is 6. The number of aryl methyl sites for hydroxylation is 2. The highest BCUT2D eigenvalue weighted by Crippen LogP contribution is 2.23. The zero-order valence-corrected chi connectivity index (χ0v) is 18.8. The van der Waals surface area contributed by atoms with Gasteiger partial charge < -0.3 is 10.6 Å². The highest BCUT2D eigenvalue weighted by molar-refractivity contribution is 14.0. The van der Waals surface area contributed by atoms with Gasteiger partial charge in [-0.05, 0) is 25.3 Å². The van der Waals surface area contributed by atoms with Crippen molar-refractivity contribution in [2.75, 3.05) is 13.6 Å². The predicted molar refractivity (Wildman–Crippen MR) is 119 cm³/mol. The highest BCUT2D eigenvalue weighted by Gasteiger charge is 2.16. The summed E-state index contributed by atoms with van der Waals surface area (Å²) >= 11 is 1.74. The molecule has 0 aliphatic carbocycles. The van der Waals surface area contributed by atoms with E-state index < -0.39 is 0 Å². The Morgan fingerprint density at radius 2 is 1.84 bits per heavy atom. The molecule has 25 heavy (non-hydrogen) atoms. The molecule has 0 saturated carbocycles. The summed E-state index contributed by atoms with van der Waals surface area (Å²) in [6.07, 6.45) is 0. The number of halogens is 1. The van der Waals surface area contributed by atoms with Crippen LogP contribution in [-0.2, 0) is 6.54 Å². The van der Waals surface area contributed by atoms with Crippen LogP contribution >= 0.6 is 35.3 Å². The van der Waals surface area contributed by atoms with Crippen molar-refractivity contribution < 1.29 is 0 Å². The van der Waals surface area contributed by atoms with E-state index in [0.29, 0.717) is 11.8 Å². The first kappa shape index (κ1) is 21.9. The lowest BCUT2D eigenvalue weighted by Gasteiger charge is -2.23. The van der Waals surface area contributed by atoms with Crippen molar-refractivity contribution in [3.05, 3.63) is 51.5 Å². The summed E-state index contributed by atoms with van der Waals surface area (Å²) in [6, 6.07) is 10.7. The summed E-state index contributed by atoms with van der Waals surface area (Å²) < 4.78 is 0. The van der Waals surface area contributed by atoms with E-state index >= 15 is 0 Å². The first-order valence-corrected chi connectivity index (χ1v) is 9.25. The van der Waals surface area contributed by atoms with Gasteiger partial charge in [0.2, 0.25) is 0 Å². The van der Waals surface area contributed by atoms with Crippen LogP contribution in [0.4, 0.5) is 0 Å². The molecule has 0 fully saturated rings. The van der Waals surface area contributed by atoms with E-state index in [1.165, 1.54) is 10.4 Å². The van der Waals surface area contributed by atoms with Gasteiger partial charge in [0.1, 0.15) is 0 Å². The maximum Gasteiger partial charge on any atom is 0.191 e. The third-order valence-electron chi connectivity index (χ3n) is 4.16. The topological polar surface area (TPSA) is 49.3 Å². The summed E-state index contributed by atoms with van der Waals surface area (Å²) in [5, 5.41) is 7.97. The van der Waals surface area contributed by atoms with Crippen LogP contribution in [0.3, 0.4) is 0 Å². The molecule has 1 heterocycles. The Balaban J connectivity index is 0.00000312. The molecule has 0 radical (unpaired) electrons. The van der Waals surface area contributed by atoms with E-state index in [0.717, 1.165) is 29.8 Å². The number of guanidine groups is 1. The zero-order valence-electron chi connectivity index (χ0n) is 15.7. The Morgan fingerprint density at radius 1 is 1.16 bits per heavy atom. The second-order valence-electron chi connectivity index (χ2n) is 6.31. The monoisotopic (exact) mass is 472 g/mol. The average molecular weight is 472 g/mol.